The lowest BCUT2D eigenvalue weighted by Gasteiger charge is -2.34. The van der Waals surface area contributed by atoms with Gasteiger partial charge in [0.25, 0.3) is 5.92 Å². The van der Waals surface area contributed by atoms with Crippen molar-refractivity contribution in [1.29, 1.82) is 0 Å². The Balaban J connectivity index is 0.000000320. The number of carboxylic acids is 1. The van der Waals surface area contributed by atoms with Crippen LogP contribution in [0.3, 0.4) is 0 Å². The zero-order valence-corrected chi connectivity index (χ0v) is 23.0. The second-order valence-electron chi connectivity index (χ2n) is 7.96. The van der Waals surface area contributed by atoms with Crippen molar-refractivity contribution in [2.75, 3.05) is 32.8 Å². The zero-order valence-electron chi connectivity index (χ0n) is 20.6. The minimum absolute atomic E-state index is 0.0907. The summed E-state index contributed by atoms with van der Waals surface area (Å²) in [4.78, 5) is 31.7. The van der Waals surface area contributed by atoms with E-state index in [-0.39, 0.29) is 38.5 Å². The summed E-state index contributed by atoms with van der Waals surface area (Å²) in [6.07, 6.45) is 2.84. The summed E-state index contributed by atoms with van der Waals surface area (Å²) < 4.78 is 45.4. The molecule has 0 bridgehead atoms. The molecule has 2 aromatic rings. The van der Waals surface area contributed by atoms with Crippen molar-refractivity contribution < 1.29 is 32.6 Å². The SMILES string of the molecule is C=CC(=O)O.CCOC(=O)C1=C(CN2CCCC(F)(F)C2)NC(c2nccs2)=NC1.Fc1cccc(Br)c1. The van der Waals surface area contributed by atoms with Gasteiger partial charge in [0.1, 0.15) is 5.82 Å². The molecule has 2 aliphatic heterocycles. The van der Waals surface area contributed by atoms with E-state index in [0.717, 1.165) is 10.5 Å². The molecule has 206 valence electrons. The van der Waals surface area contributed by atoms with Gasteiger partial charge in [-0.2, -0.15) is 0 Å². The predicted octanol–water partition coefficient (Wildman–Crippen LogP) is 4.89. The molecule has 0 unspecified atom stereocenters. The number of carbonyl (C=O) groups is 2. The number of nitrogens with zero attached hydrogens (tertiary/aromatic N) is 3. The van der Waals surface area contributed by atoms with E-state index < -0.39 is 17.9 Å². The molecule has 13 heteroatoms. The van der Waals surface area contributed by atoms with Gasteiger partial charge in [0.15, 0.2) is 10.8 Å². The third-order valence-corrected chi connectivity index (χ3v) is 6.27. The van der Waals surface area contributed by atoms with Gasteiger partial charge in [-0.05, 0) is 38.1 Å². The van der Waals surface area contributed by atoms with Crippen molar-refractivity contribution >= 4 is 45.0 Å². The number of aliphatic carboxylic acids is 1. The quantitative estimate of drug-likeness (QED) is 0.352. The van der Waals surface area contributed by atoms with Gasteiger partial charge in [-0.15, -0.1) is 11.3 Å². The van der Waals surface area contributed by atoms with Crippen LogP contribution in [-0.2, 0) is 14.3 Å². The lowest BCUT2D eigenvalue weighted by atomic mass is 10.1. The molecule has 38 heavy (non-hydrogen) atoms. The third-order valence-electron chi connectivity index (χ3n) is 5.00. The molecule has 8 nitrogen and oxygen atoms in total. The number of likely N-dealkylation sites (tertiary alicyclic amines) is 1. The number of alkyl halides is 2. The first-order chi connectivity index (χ1) is 18.0. The van der Waals surface area contributed by atoms with Gasteiger partial charge in [-0.3, -0.25) is 9.89 Å². The van der Waals surface area contributed by atoms with Gasteiger partial charge in [0, 0.05) is 40.8 Å². The normalized spacial score (nSPS) is 16.5. The van der Waals surface area contributed by atoms with E-state index in [1.165, 1.54) is 23.5 Å². The first-order valence-corrected chi connectivity index (χ1v) is 13.2. The number of benzene rings is 1. The molecule has 2 N–H and O–H groups in total. The molecule has 0 amide bonds. The van der Waals surface area contributed by atoms with Crippen LogP contribution >= 0.6 is 27.3 Å². The second-order valence-corrected chi connectivity index (χ2v) is 9.77. The molecule has 2 aliphatic rings. The molecule has 0 radical (unpaired) electrons. The van der Waals surface area contributed by atoms with Crippen LogP contribution in [-0.4, -0.2) is 71.5 Å². The molecule has 3 heterocycles. The largest absolute Gasteiger partial charge is 0.478 e. The highest BCUT2D eigenvalue weighted by atomic mass is 79.9. The van der Waals surface area contributed by atoms with Crippen LogP contribution in [0.4, 0.5) is 13.2 Å². The van der Waals surface area contributed by atoms with Gasteiger partial charge in [-0.25, -0.2) is 27.7 Å². The van der Waals surface area contributed by atoms with Gasteiger partial charge in [0.05, 0.1) is 25.3 Å². The highest BCUT2D eigenvalue weighted by Gasteiger charge is 2.36. The van der Waals surface area contributed by atoms with Crippen LogP contribution in [0.5, 0.6) is 0 Å². The standard InChI is InChI=1S/C16H20F2N4O2S.C6H4BrF.C3H4O2/c1-2-24-15(23)11-8-20-13(14-19-5-7-25-14)21-12(11)9-22-6-3-4-16(17,18)10-22;7-5-2-1-3-6(8)4-5;1-2-3(4)5/h5,7H,2-4,6,8-10H2,1H3,(H,20,21);1-4H;2H,1H2,(H,4,5). The molecule has 1 aromatic carbocycles. The molecule has 0 atom stereocenters. The molecule has 4 rings (SSSR count). The predicted molar refractivity (Wildman–Crippen MR) is 143 cm³/mol. The Kier molecular flexibility index (Phi) is 12.6. The number of aliphatic imine (C=N–C) groups is 1. The Labute approximate surface area is 231 Å². The molecule has 0 aliphatic carbocycles. The molecular weight excluding hydrogens is 589 g/mol. The number of ether oxygens (including phenoxy) is 1. The molecule has 1 fully saturated rings. The maximum atomic E-state index is 13.7. The number of hydrogen-bond acceptors (Lipinski definition) is 8. The number of aromatic nitrogens is 1. The number of amidine groups is 1. The fourth-order valence-electron chi connectivity index (χ4n) is 3.38. The summed E-state index contributed by atoms with van der Waals surface area (Å²) in [5, 5.41) is 13.2. The summed E-state index contributed by atoms with van der Waals surface area (Å²) in [6.45, 7) is 5.58. The number of piperidine rings is 1. The lowest BCUT2D eigenvalue weighted by Crippen LogP contribution is -2.46. The van der Waals surface area contributed by atoms with E-state index in [9.17, 15) is 22.8 Å². The molecule has 0 saturated carbocycles. The van der Waals surface area contributed by atoms with E-state index >= 15 is 0 Å². The Bertz CT molecular complexity index is 1140. The van der Waals surface area contributed by atoms with Crippen LogP contribution < -0.4 is 5.32 Å². The fourth-order valence-corrected chi connectivity index (χ4v) is 4.35. The maximum absolute atomic E-state index is 13.7. The van der Waals surface area contributed by atoms with Gasteiger partial charge in [-0.1, -0.05) is 28.6 Å². The van der Waals surface area contributed by atoms with Gasteiger partial charge in [0.2, 0.25) is 0 Å². The third kappa shape index (κ3) is 10.8. The summed E-state index contributed by atoms with van der Waals surface area (Å²) >= 11 is 4.54. The second kappa shape index (κ2) is 15.4. The first-order valence-electron chi connectivity index (χ1n) is 11.5. The topological polar surface area (TPSA) is 104 Å². The minimum Gasteiger partial charge on any atom is -0.478 e. The first kappa shape index (κ1) is 31.2. The molecule has 1 aromatic heterocycles. The zero-order chi connectivity index (χ0) is 28.1. The van der Waals surface area contributed by atoms with Crippen molar-refractivity contribution in [2.24, 2.45) is 4.99 Å². The summed E-state index contributed by atoms with van der Waals surface area (Å²) in [6, 6.07) is 6.26. The Hall–Kier alpha value is -3.03. The summed E-state index contributed by atoms with van der Waals surface area (Å²) in [7, 11) is 0. The van der Waals surface area contributed by atoms with E-state index in [4.69, 9.17) is 9.84 Å². The van der Waals surface area contributed by atoms with Gasteiger partial charge >= 0.3 is 11.9 Å². The molecule has 1 saturated heterocycles. The lowest BCUT2D eigenvalue weighted by molar-refractivity contribution is -0.138. The number of carbonyl (C=O) groups excluding carboxylic acids is 1. The number of rotatable bonds is 6. The van der Waals surface area contributed by atoms with Crippen molar-refractivity contribution in [3.63, 3.8) is 0 Å². The average Bonchev–Trinajstić information content (AvgIpc) is 3.39. The molecular formula is C25H28BrF3N4O4S. The van der Waals surface area contributed by atoms with E-state index in [1.807, 2.05) is 5.38 Å². The smallest absolute Gasteiger partial charge is 0.337 e. The van der Waals surface area contributed by atoms with Crippen LogP contribution in [0.15, 0.2) is 69.2 Å². The minimum atomic E-state index is -2.69. The highest BCUT2D eigenvalue weighted by Crippen LogP contribution is 2.27. The maximum Gasteiger partial charge on any atom is 0.337 e. The number of thiazole rings is 1. The van der Waals surface area contributed by atoms with Crippen LogP contribution in [0, 0.1) is 5.82 Å². The number of carboxylic acid groups (broad SMARTS) is 1. The van der Waals surface area contributed by atoms with Crippen LogP contribution in [0.25, 0.3) is 0 Å². The Morgan fingerprint density at radius 3 is 2.66 bits per heavy atom. The summed E-state index contributed by atoms with van der Waals surface area (Å²) in [5.41, 5.74) is 0.951. The number of nitrogens with one attached hydrogen (secondary N) is 1. The average molecular weight is 617 g/mol. The van der Waals surface area contributed by atoms with E-state index in [2.05, 4.69) is 37.8 Å². The van der Waals surface area contributed by atoms with Crippen molar-refractivity contribution in [3.05, 3.63) is 75.1 Å². The van der Waals surface area contributed by atoms with E-state index in [1.54, 1.807) is 30.2 Å². The van der Waals surface area contributed by atoms with Crippen molar-refractivity contribution in [3.8, 4) is 0 Å². The van der Waals surface area contributed by atoms with Crippen molar-refractivity contribution in [1.82, 2.24) is 15.2 Å². The highest BCUT2D eigenvalue weighted by molar-refractivity contribution is 9.10. The van der Waals surface area contributed by atoms with E-state index in [0.29, 0.717) is 35.1 Å². The summed E-state index contributed by atoms with van der Waals surface area (Å²) in [5.74, 6) is -3.79. The monoisotopic (exact) mass is 616 g/mol. The number of halogens is 4. The Morgan fingerprint density at radius 1 is 1.39 bits per heavy atom. The number of hydrogen-bond donors (Lipinski definition) is 2. The molecule has 0 spiro atoms. The van der Waals surface area contributed by atoms with Crippen LogP contribution in [0.2, 0.25) is 0 Å². The number of esters is 1. The fraction of sp³-hybridized carbons (Fsp3) is 0.360. The Morgan fingerprint density at radius 2 is 2.13 bits per heavy atom. The van der Waals surface area contributed by atoms with Crippen molar-refractivity contribution in [2.45, 2.75) is 25.7 Å². The van der Waals surface area contributed by atoms with Gasteiger partial charge < -0.3 is 15.2 Å². The van der Waals surface area contributed by atoms with Crippen LogP contribution in [0.1, 0.15) is 24.8 Å².